The molecule has 3 rings (SSSR count). The number of aliphatic hydroxyl groups excluding tert-OH is 1. The van der Waals surface area contributed by atoms with Gasteiger partial charge in [-0.15, -0.1) is 0 Å². The van der Waals surface area contributed by atoms with Gasteiger partial charge in [0.25, 0.3) is 0 Å². The predicted octanol–water partition coefficient (Wildman–Crippen LogP) is 3.64. The van der Waals surface area contributed by atoms with Gasteiger partial charge in [-0.3, -0.25) is 9.97 Å². The Morgan fingerprint density at radius 3 is 2.37 bits per heavy atom. The van der Waals surface area contributed by atoms with E-state index < -0.39 is 6.10 Å². The Hall–Kier alpha value is -0.780. The first kappa shape index (κ1) is 13.2. The molecule has 0 saturated carbocycles. The normalized spacial score (nSPS) is 25.9. The zero-order valence-electron chi connectivity index (χ0n) is 10.0. The Labute approximate surface area is 128 Å². The van der Waals surface area contributed by atoms with Gasteiger partial charge < -0.3 is 5.11 Å². The summed E-state index contributed by atoms with van der Waals surface area (Å²) in [5.41, 5.74) is 4.18. The molecule has 0 saturated heterocycles. The van der Waals surface area contributed by atoms with Crippen LogP contribution in [0.15, 0.2) is 36.9 Å². The minimum atomic E-state index is -0.549. The van der Waals surface area contributed by atoms with Crippen LogP contribution in [0.25, 0.3) is 0 Å². The highest BCUT2D eigenvalue weighted by Crippen LogP contribution is 2.47. The second kappa shape index (κ2) is 5.31. The second-order valence-electron chi connectivity index (χ2n) is 4.60. The first-order chi connectivity index (χ1) is 9.18. The quantitative estimate of drug-likeness (QED) is 0.706. The second-order valence-corrected chi connectivity index (χ2v) is 6.58. The molecule has 0 aromatic carbocycles. The van der Waals surface area contributed by atoms with Crippen molar-refractivity contribution in [2.75, 3.05) is 0 Å². The highest BCUT2D eigenvalue weighted by Gasteiger charge is 2.29. The number of fused-ring (bicyclic) bond motifs is 2. The van der Waals surface area contributed by atoms with Crippen molar-refractivity contribution in [3.63, 3.8) is 0 Å². The van der Waals surface area contributed by atoms with E-state index in [1.165, 1.54) is 5.56 Å². The molecule has 0 radical (unpaired) electrons. The van der Waals surface area contributed by atoms with Crippen LogP contribution in [0.3, 0.4) is 0 Å². The largest absolute Gasteiger partial charge is 0.388 e. The molecule has 5 heteroatoms. The number of aliphatic hydroxyl groups is 1. The molecule has 2 aromatic heterocycles. The number of alkyl halides is 2. The van der Waals surface area contributed by atoms with Crippen molar-refractivity contribution in [1.29, 1.82) is 0 Å². The van der Waals surface area contributed by atoms with Gasteiger partial charge in [-0.05, 0) is 28.8 Å². The van der Waals surface area contributed by atoms with E-state index in [-0.39, 0.29) is 9.65 Å². The molecule has 3 atom stereocenters. The number of nitrogens with zero attached hydrogens (tertiary/aromatic N) is 2. The van der Waals surface area contributed by atoms with Crippen molar-refractivity contribution in [3.8, 4) is 0 Å². The Morgan fingerprint density at radius 2 is 1.58 bits per heavy atom. The van der Waals surface area contributed by atoms with Gasteiger partial charge >= 0.3 is 0 Å². The molecule has 1 aliphatic carbocycles. The van der Waals surface area contributed by atoms with Crippen LogP contribution < -0.4 is 0 Å². The summed E-state index contributed by atoms with van der Waals surface area (Å²) in [6, 6.07) is 3.96. The molecule has 2 heterocycles. The van der Waals surface area contributed by atoms with Gasteiger partial charge in [0.15, 0.2) is 0 Å². The van der Waals surface area contributed by atoms with Crippen molar-refractivity contribution in [2.24, 2.45) is 0 Å². The van der Waals surface area contributed by atoms with Crippen molar-refractivity contribution >= 4 is 31.9 Å². The molecule has 0 spiro atoms. The summed E-state index contributed by atoms with van der Waals surface area (Å²) in [5, 5.41) is 10.4. The lowest BCUT2D eigenvalue weighted by Gasteiger charge is -2.27. The first-order valence-electron chi connectivity index (χ1n) is 6.01. The zero-order chi connectivity index (χ0) is 13.4. The van der Waals surface area contributed by atoms with Crippen LogP contribution in [-0.2, 0) is 6.42 Å². The van der Waals surface area contributed by atoms with E-state index >= 15 is 0 Å². The fourth-order valence-electron chi connectivity index (χ4n) is 2.46. The van der Waals surface area contributed by atoms with Crippen LogP contribution in [0.5, 0.6) is 0 Å². The maximum atomic E-state index is 10.4. The number of pyridine rings is 2. The SMILES string of the molecule is OC1Cc2cnccc2C(Br)C(Br)c2ccncc21. The van der Waals surface area contributed by atoms with Gasteiger partial charge in [-0.25, -0.2) is 0 Å². The lowest BCUT2D eigenvalue weighted by Crippen LogP contribution is -2.15. The van der Waals surface area contributed by atoms with E-state index in [0.29, 0.717) is 6.42 Å². The molecule has 3 unspecified atom stereocenters. The number of hydrogen-bond donors (Lipinski definition) is 1. The van der Waals surface area contributed by atoms with E-state index in [1.807, 2.05) is 18.3 Å². The lowest BCUT2D eigenvalue weighted by molar-refractivity contribution is 0.175. The van der Waals surface area contributed by atoms with E-state index in [4.69, 9.17) is 0 Å². The topological polar surface area (TPSA) is 46.0 Å². The van der Waals surface area contributed by atoms with E-state index in [1.54, 1.807) is 18.6 Å². The van der Waals surface area contributed by atoms with E-state index in [9.17, 15) is 5.11 Å². The van der Waals surface area contributed by atoms with Gasteiger partial charge in [0, 0.05) is 36.8 Å². The van der Waals surface area contributed by atoms with Crippen LogP contribution >= 0.6 is 31.9 Å². The summed E-state index contributed by atoms with van der Waals surface area (Å²) in [5.74, 6) is 0. The third-order valence-electron chi connectivity index (χ3n) is 3.45. The van der Waals surface area contributed by atoms with Crippen LogP contribution in [0.1, 0.15) is 38.0 Å². The fourth-order valence-corrected chi connectivity index (χ4v) is 3.89. The Morgan fingerprint density at radius 1 is 0.947 bits per heavy atom. The number of aromatic nitrogens is 2. The summed E-state index contributed by atoms with van der Waals surface area (Å²) in [4.78, 5) is 8.50. The molecule has 1 aliphatic rings. The summed E-state index contributed by atoms with van der Waals surface area (Å²) in [6.07, 6.45) is 7.13. The van der Waals surface area contributed by atoms with Crippen LogP contribution in [0, 0.1) is 0 Å². The smallest absolute Gasteiger partial charge is 0.0848 e. The predicted molar refractivity (Wildman–Crippen MR) is 80.5 cm³/mol. The first-order valence-corrected chi connectivity index (χ1v) is 7.84. The van der Waals surface area contributed by atoms with Gasteiger partial charge in [-0.2, -0.15) is 0 Å². The van der Waals surface area contributed by atoms with Gasteiger partial charge in [0.1, 0.15) is 0 Å². The molecule has 0 amide bonds. The van der Waals surface area contributed by atoms with E-state index in [0.717, 1.165) is 16.7 Å². The third-order valence-corrected chi connectivity index (χ3v) is 6.21. The lowest BCUT2D eigenvalue weighted by atomic mass is 9.89. The maximum absolute atomic E-state index is 10.4. The molecule has 2 aromatic rings. The van der Waals surface area contributed by atoms with Crippen molar-refractivity contribution < 1.29 is 5.11 Å². The van der Waals surface area contributed by atoms with Crippen molar-refractivity contribution in [1.82, 2.24) is 9.97 Å². The summed E-state index contributed by atoms with van der Waals surface area (Å²) < 4.78 is 0. The van der Waals surface area contributed by atoms with Gasteiger partial charge in [0.2, 0.25) is 0 Å². The average Bonchev–Trinajstić information content (AvgIpc) is 2.45. The third kappa shape index (κ3) is 2.35. The number of rotatable bonds is 0. The molecule has 0 aliphatic heterocycles. The number of hydrogen-bond acceptors (Lipinski definition) is 3. The summed E-state index contributed by atoms with van der Waals surface area (Å²) >= 11 is 7.48. The maximum Gasteiger partial charge on any atom is 0.0848 e. The zero-order valence-corrected chi connectivity index (χ0v) is 13.2. The number of halogens is 2. The molecule has 3 nitrogen and oxygen atoms in total. The fraction of sp³-hybridized carbons (Fsp3) is 0.286. The molecule has 98 valence electrons. The van der Waals surface area contributed by atoms with E-state index in [2.05, 4.69) is 41.8 Å². The van der Waals surface area contributed by atoms with Crippen molar-refractivity contribution in [2.45, 2.75) is 22.2 Å². The standard InChI is InChI=1S/C14H12Br2N2O/c15-13-9-1-3-17-6-8(9)5-12(19)11-7-18-4-2-10(11)14(13)16/h1-4,6-7,12-14,19H,5H2. The highest BCUT2D eigenvalue weighted by atomic mass is 79.9. The Balaban J connectivity index is 2.16. The van der Waals surface area contributed by atoms with Crippen LogP contribution in [0.2, 0.25) is 0 Å². The van der Waals surface area contributed by atoms with Crippen LogP contribution in [-0.4, -0.2) is 15.1 Å². The van der Waals surface area contributed by atoms with Crippen molar-refractivity contribution in [3.05, 3.63) is 59.2 Å². The summed E-state index contributed by atoms with van der Waals surface area (Å²) in [7, 11) is 0. The van der Waals surface area contributed by atoms with Gasteiger partial charge in [0.05, 0.1) is 15.8 Å². The van der Waals surface area contributed by atoms with Gasteiger partial charge in [-0.1, -0.05) is 31.9 Å². The molecule has 0 bridgehead atoms. The minimum Gasteiger partial charge on any atom is -0.388 e. The average molecular weight is 384 g/mol. The minimum absolute atomic E-state index is 0.0848. The Kier molecular flexibility index (Phi) is 3.69. The van der Waals surface area contributed by atoms with Crippen LogP contribution in [0.4, 0.5) is 0 Å². The molecular formula is C14H12Br2N2O. The summed E-state index contributed by atoms with van der Waals surface area (Å²) in [6.45, 7) is 0. The highest BCUT2D eigenvalue weighted by molar-refractivity contribution is 9.12. The monoisotopic (exact) mass is 382 g/mol. The molecule has 1 N–H and O–H groups in total. The molecule has 0 fully saturated rings. The Bertz CT molecular complexity index is 606. The molecule has 19 heavy (non-hydrogen) atoms. The molecular weight excluding hydrogens is 372 g/mol.